The van der Waals surface area contributed by atoms with Crippen LogP contribution in [0.3, 0.4) is 0 Å². The molecule has 1 aliphatic heterocycles. The van der Waals surface area contributed by atoms with Gasteiger partial charge in [-0.1, -0.05) is 12.1 Å². The van der Waals surface area contributed by atoms with Gasteiger partial charge in [0.05, 0.1) is 30.4 Å². The van der Waals surface area contributed by atoms with E-state index in [4.69, 9.17) is 19.8 Å². The Morgan fingerprint density at radius 2 is 1.67 bits per heavy atom. The summed E-state index contributed by atoms with van der Waals surface area (Å²) in [6, 6.07) is 6.84. The van der Waals surface area contributed by atoms with E-state index in [9.17, 15) is 31.2 Å². The van der Waals surface area contributed by atoms with Gasteiger partial charge in [0.2, 0.25) is 0 Å². The Morgan fingerprint density at radius 1 is 1.07 bits per heavy atom. The van der Waals surface area contributed by atoms with Crippen LogP contribution in [-0.4, -0.2) is 88.5 Å². The van der Waals surface area contributed by atoms with Crippen molar-refractivity contribution in [3.63, 3.8) is 0 Å². The van der Waals surface area contributed by atoms with Crippen molar-refractivity contribution in [1.82, 2.24) is 19.9 Å². The number of aromatic nitrogens is 2. The highest BCUT2D eigenvalue weighted by Crippen LogP contribution is 2.29. The maximum atomic E-state index is 15.1. The molecule has 2 aromatic carbocycles. The van der Waals surface area contributed by atoms with E-state index in [1.165, 1.54) is 23.7 Å². The molecular formula is C27H29F5N4O8S. The van der Waals surface area contributed by atoms with Crippen molar-refractivity contribution in [3.05, 3.63) is 64.2 Å². The Kier molecular flexibility index (Phi) is 11.0. The van der Waals surface area contributed by atoms with Gasteiger partial charge in [-0.15, -0.1) is 0 Å². The van der Waals surface area contributed by atoms with E-state index in [0.717, 1.165) is 48.8 Å². The number of sulfone groups is 1. The third kappa shape index (κ3) is 8.38. The van der Waals surface area contributed by atoms with Crippen LogP contribution in [0.2, 0.25) is 0 Å². The Bertz CT molecular complexity index is 1740. The van der Waals surface area contributed by atoms with Gasteiger partial charge in [-0.05, 0) is 37.1 Å². The molecular weight excluding hydrogens is 635 g/mol. The highest BCUT2D eigenvalue weighted by molar-refractivity contribution is 7.92. The minimum Gasteiger partial charge on any atom is -0.475 e. The van der Waals surface area contributed by atoms with Crippen molar-refractivity contribution >= 4 is 32.6 Å². The van der Waals surface area contributed by atoms with Gasteiger partial charge in [-0.25, -0.2) is 32.5 Å². The summed E-state index contributed by atoms with van der Waals surface area (Å²) < 4.78 is 90.6. The maximum absolute atomic E-state index is 15.1. The molecule has 0 unspecified atom stereocenters. The number of amides is 1. The lowest BCUT2D eigenvalue weighted by molar-refractivity contribution is -0.192. The van der Waals surface area contributed by atoms with Gasteiger partial charge in [-0.3, -0.25) is 24.3 Å². The standard InChI is InChI=1S/C25H28F2N4O6S.C2HF3O2/c1-25(24(33)29-34,38(2,35)36)5-6-31-15-28-22-13-18(21(27)12-19(22)23(31)32)17-4-3-16(11-20(17)26)14-30-7-9-37-10-8-30;3-2(4,5)1(6)7/h3-4,11-13,15,34H,5-10,14H2,1-2H3,(H,29,33);(H,6,7)/t25-;/m1./s1. The molecule has 1 amide bonds. The average Bonchev–Trinajstić information content (AvgIpc) is 2.96. The number of halogens is 5. The van der Waals surface area contributed by atoms with Gasteiger partial charge in [0.1, 0.15) is 11.6 Å². The molecule has 1 saturated heterocycles. The second kappa shape index (κ2) is 14.0. The van der Waals surface area contributed by atoms with Crippen LogP contribution in [0.15, 0.2) is 41.5 Å². The molecule has 45 heavy (non-hydrogen) atoms. The lowest BCUT2D eigenvalue weighted by Crippen LogP contribution is -2.50. The molecule has 12 nitrogen and oxygen atoms in total. The number of nitrogens with one attached hydrogen (secondary N) is 1. The number of nitrogens with zero attached hydrogens (tertiary/aromatic N) is 3. The molecule has 3 aromatic rings. The van der Waals surface area contributed by atoms with Crippen LogP contribution < -0.4 is 11.0 Å². The average molecular weight is 665 g/mol. The van der Waals surface area contributed by atoms with Crippen LogP contribution in [0.4, 0.5) is 22.0 Å². The van der Waals surface area contributed by atoms with Crippen molar-refractivity contribution in [2.75, 3.05) is 32.6 Å². The second-order valence-electron chi connectivity index (χ2n) is 10.3. The normalized spacial score (nSPS) is 15.6. The molecule has 1 atom stereocenters. The van der Waals surface area contributed by atoms with E-state index < -0.39 is 49.8 Å². The first-order chi connectivity index (χ1) is 20.9. The molecule has 1 fully saturated rings. The Balaban J connectivity index is 0.000000707. The fraction of sp³-hybridized carbons (Fsp3) is 0.407. The molecule has 1 aliphatic rings. The first kappa shape index (κ1) is 35.5. The number of ether oxygens (including phenoxy) is 1. The number of carboxylic acids is 1. The van der Waals surface area contributed by atoms with Gasteiger partial charge in [0, 0.05) is 43.6 Å². The van der Waals surface area contributed by atoms with Crippen LogP contribution in [0.5, 0.6) is 0 Å². The van der Waals surface area contributed by atoms with Crippen LogP contribution in [-0.2, 0) is 37.3 Å². The zero-order chi connectivity index (χ0) is 33.7. The SMILES string of the molecule is C[C@@](CCn1cnc2cc(-c3ccc(CN4CCOCC4)cc3F)c(F)cc2c1=O)(C(=O)NO)S(C)(=O)=O.O=C(O)C(F)(F)F. The molecule has 0 spiro atoms. The van der Waals surface area contributed by atoms with E-state index in [1.807, 2.05) is 0 Å². The van der Waals surface area contributed by atoms with Crippen molar-refractivity contribution in [2.24, 2.45) is 0 Å². The zero-order valence-electron chi connectivity index (χ0n) is 23.9. The number of hydroxylamine groups is 1. The highest BCUT2D eigenvalue weighted by Gasteiger charge is 2.43. The number of benzene rings is 2. The van der Waals surface area contributed by atoms with Crippen molar-refractivity contribution in [2.45, 2.75) is 37.4 Å². The summed E-state index contributed by atoms with van der Waals surface area (Å²) in [6.07, 6.45) is -3.45. The predicted molar refractivity (Wildman–Crippen MR) is 149 cm³/mol. The minimum atomic E-state index is -5.08. The number of carbonyl (C=O) groups is 2. The summed E-state index contributed by atoms with van der Waals surface area (Å²) in [7, 11) is -3.97. The number of rotatable bonds is 8. The minimum absolute atomic E-state index is 0.0278. The molecule has 3 N–H and O–H groups in total. The lowest BCUT2D eigenvalue weighted by Gasteiger charge is -2.26. The van der Waals surface area contributed by atoms with Gasteiger partial charge in [0.15, 0.2) is 14.6 Å². The monoisotopic (exact) mass is 664 g/mol. The molecule has 2 heterocycles. The van der Waals surface area contributed by atoms with E-state index in [0.29, 0.717) is 19.8 Å². The molecule has 246 valence electrons. The molecule has 0 aliphatic carbocycles. The van der Waals surface area contributed by atoms with E-state index >= 15 is 8.78 Å². The molecule has 0 saturated carbocycles. The summed E-state index contributed by atoms with van der Waals surface area (Å²) in [5.41, 5.74) is 1.52. The van der Waals surface area contributed by atoms with Gasteiger partial charge in [-0.2, -0.15) is 13.2 Å². The van der Waals surface area contributed by atoms with E-state index in [-0.39, 0.29) is 35.0 Å². The fourth-order valence-corrected chi connectivity index (χ4v) is 5.20. The van der Waals surface area contributed by atoms with Crippen LogP contribution in [0, 0.1) is 11.6 Å². The largest absolute Gasteiger partial charge is 0.490 e. The summed E-state index contributed by atoms with van der Waals surface area (Å²) in [6.45, 7) is 4.14. The smallest absolute Gasteiger partial charge is 0.475 e. The molecule has 18 heteroatoms. The predicted octanol–water partition coefficient (Wildman–Crippen LogP) is 2.51. The number of carbonyl (C=O) groups excluding carboxylic acids is 1. The van der Waals surface area contributed by atoms with Crippen molar-refractivity contribution < 1.29 is 55.0 Å². The molecule has 0 radical (unpaired) electrons. The first-order valence-corrected chi connectivity index (χ1v) is 15.0. The van der Waals surface area contributed by atoms with Gasteiger partial charge in [0.25, 0.3) is 11.5 Å². The number of fused-ring (bicyclic) bond motifs is 1. The lowest BCUT2D eigenvalue weighted by atomic mass is 10.0. The Hall–Kier alpha value is -4.00. The van der Waals surface area contributed by atoms with Gasteiger partial charge >= 0.3 is 12.1 Å². The quantitative estimate of drug-likeness (QED) is 0.185. The number of hydrogen-bond acceptors (Lipinski definition) is 9. The van der Waals surface area contributed by atoms with Crippen LogP contribution in [0.1, 0.15) is 18.9 Å². The Morgan fingerprint density at radius 3 is 2.20 bits per heavy atom. The number of alkyl halides is 3. The topological polar surface area (TPSA) is 168 Å². The van der Waals surface area contributed by atoms with E-state index in [1.54, 1.807) is 6.07 Å². The number of aryl methyl sites for hydroxylation is 1. The van der Waals surface area contributed by atoms with E-state index in [2.05, 4.69) is 9.88 Å². The summed E-state index contributed by atoms with van der Waals surface area (Å²) in [5.74, 6) is -5.33. The van der Waals surface area contributed by atoms with Crippen LogP contribution >= 0.6 is 0 Å². The summed E-state index contributed by atoms with van der Waals surface area (Å²) >= 11 is 0. The summed E-state index contributed by atoms with van der Waals surface area (Å²) in [5, 5.41) is 16.0. The second-order valence-corrected chi connectivity index (χ2v) is 12.7. The zero-order valence-corrected chi connectivity index (χ0v) is 24.7. The van der Waals surface area contributed by atoms with Crippen LogP contribution in [0.25, 0.3) is 22.0 Å². The maximum Gasteiger partial charge on any atom is 0.490 e. The molecule has 0 bridgehead atoms. The fourth-order valence-electron chi connectivity index (χ4n) is 4.36. The first-order valence-electron chi connectivity index (χ1n) is 13.1. The summed E-state index contributed by atoms with van der Waals surface area (Å²) in [4.78, 5) is 40.2. The third-order valence-corrected chi connectivity index (χ3v) is 9.25. The number of hydrogen-bond donors (Lipinski definition) is 3. The molecule has 4 rings (SSSR count). The van der Waals surface area contributed by atoms with Crippen molar-refractivity contribution in [3.8, 4) is 11.1 Å². The van der Waals surface area contributed by atoms with Crippen molar-refractivity contribution in [1.29, 1.82) is 0 Å². The third-order valence-electron chi connectivity index (χ3n) is 7.22. The molecule has 1 aromatic heterocycles. The number of aliphatic carboxylic acids is 1. The number of morpholine rings is 1. The highest BCUT2D eigenvalue weighted by atomic mass is 32.2. The number of carboxylic acid groups (broad SMARTS) is 1. The Labute approximate surface area is 252 Å². The van der Waals surface area contributed by atoms with Gasteiger partial charge < -0.3 is 9.84 Å².